The standard InChI is InChI=1S/C21H28FN7O/c1-11(2)17-18-19(29-28-17)20(24-10-12-9-13(22)7-8-16(12)30)27-21(26-18)25-15-6-4-3-5-14(15)23/h7-9,11,14-15,30H,3-6,10,23H2,1-2H3,(H,28,29)(H2,24,25,26,27). The van der Waals surface area contributed by atoms with Crippen molar-refractivity contribution in [2.24, 2.45) is 5.73 Å². The summed E-state index contributed by atoms with van der Waals surface area (Å²) in [6, 6.07) is 4.04. The topological polar surface area (TPSA) is 125 Å². The fourth-order valence-electron chi connectivity index (χ4n) is 3.89. The number of hydrogen-bond donors (Lipinski definition) is 5. The Hall–Kier alpha value is -2.94. The van der Waals surface area contributed by atoms with Crippen LogP contribution < -0.4 is 16.4 Å². The minimum atomic E-state index is -0.409. The van der Waals surface area contributed by atoms with Gasteiger partial charge in [0.25, 0.3) is 0 Å². The molecule has 0 radical (unpaired) electrons. The second-order valence-corrected chi connectivity index (χ2v) is 8.21. The second-order valence-electron chi connectivity index (χ2n) is 8.21. The molecule has 0 aliphatic heterocycles. The van der Waals surface area contributed by atoms with Gasteiger partial charge < -0.3 is 21.5 Å². The summed E-state index contributed by atoms with van der Waals surface area (Å²) in [5, 5.41) is 24.0. The Morgan fingerprint density at radius 2 is 2.03 bits per heavy atom. The van der Waals surface area contributed by atoms with Crippen LogP contribution in [-0.2, 0) is 6.54 Å². The van der Waals surface area contributed by atoms with Crippen molar-refractivity contribution in [3.8, 4) is 5.75 Å². The number of anilines is 2. The van der Waals surface area contributed by atoms with E-state index in [1.165, 1.54) is 18.2 Å². The Labute approximate surface area is 174 Å². The van der Waals surface area contributed by atoms with Crippen LogP contribution in [0.4, 0.5) is 16.2 Å². The molecule has 0 amide bonds. The van der Waals surface area contributed by atoms with Crippen LogP contribution in [0.3, 0.4) is 0 Å². The number of aromatic amines is 1. The average molecular weight is 414 g/mol. The zero-order valence-corrected chi connectivity index (χ0v) is 17.2. The summed E-state index contributed by atoms with van der Waals surface area (Å²) in [5.41, 5.74) is 8.98. The van der Waals surface area contributed by atoms with Gasteiger partial charge >= 0.3 is 0 Å². The molecule has 8 nitrogen and oxygen atoms in total. The van der Waals surface area contributed by atoms with Gasteiger partial charge in [-0.2, -0.15) is 10.1 Å². The number of nitrogens with two attached hydrogens (primary N) is 1. The third-order valence-corrected chi connectivity index (χ3v) is 5.63. The third kappa shape index (κ3) is 4.16. The fraction of sp³-hybridized carbons (Fsp3) is 0.476. The lowest BCUT2D eigenvalue weighted by molar-refractivity contribution is 0.402. The number of phenolic OH excluding ortho intramolecular Hbond substituents is 1. The molecular formula is C21H28FN7O. The van der Waals surface area contributed by atoms with Gasteiger partial charge in [0.1, 0.15) is 17.1 Å². The summed E-state index contributed by atoms with van der Waals surface area (Å²) in [6.07, 6.45) is 4.22. The van der Waals surface area contributed by atoms with Crippen LogP contribution in [0.5, 0.6) is 5.75 Å². The van der Waals surface area contributed by atoms with Gasteiger partial charge in [-0.3, -0.25) is 5.10 Å². The van der Waals surface area contributed by atoms with Gasteiger partial charge in [-0.15, -0.1) is 0 Å². The Morgan fingerprint density at radius 1 is 1.23 bits per heavy atom. The van der Waals surface area contributed by atoms with Crippen LogP contribution in [0.25, 0.3) is 11.0 Å². The monoisotopic (exact) mass is 413 g/mol. The predicted octanol–water partition coefficient (Wildman–Crippen LogP) is 3.61. The molecule has 9 heteroatoms. The van der Waals surface area contributed by atoms with Crippen LogP contribution in [0.15, 0.2) is 18.2 Å². The first-order valence-electron chi connectivity index (χ1n) is 10.4. The van der Waals surface area contributed by atoms with E-state index in [4.69, 9.17) is 10.7 Å². The van der Waals surface area contributed by atoms with E-state index in [0.29, 0.717) is 22.8 Å². The fourth-order valence-corrected chi connectivity index (χ4v) is 3.89. The molecule has 2 aromatic heterocycles. The van der Waals surface area contributed by atoms with E-state index >= 15 is 0 Å². The Kier molecular flexibility index (Phi) is 5.72. The summed E-state index contributed by atoms with van der Waals surface area (Å²) < 4.78 is 13.6. The molecule has 3 aromatic rings. The molecule has 2 heterocycles. The minimum Gasteiger partial charge on any atom is -0.508 e. The number of nitrogens with one attached hydrogen (secondary N) is 3. The summed E-state index contributed by atoms with van der Waals surface area (Å²) in [6.45, 7) is 4.33. The number of fused-ring (bicyclic) bond motifs is 1. The normalized spacial score (nSPS) is 19.4. The number of nitrogens with zero attached hydrogens (tertiary/aromatic N) is 3. The van der Waals surface area contributed by atoms with Crippen molar-refractivity contribution in [1.29, 1.82) is 0 Å². The van der Waals surface area contributed by atoms with Gasteiger partial charge in [-0.25, -0.2) is 9.37 Å². The Bertz CT molecular complexity index is 1040. The zero-order valence-electron chi connectivity index (χ0n) is 17.2. The average Bonchev–Trinajstić information content (AvgIpc) is 3.14. The molecule has 0 spiro atoms. The molecule has 0 bridgehead atoms. The van der Waals surface area contributed by atoms with Crippen molar-refractivity contribution >= 4 is 22.8 Å². The molecule has 1 aliphatic carbocycles. The first-order chi connectivity index (χ1) is 14.4. The zero-order chi connectivity index (χ0) is 21.3. The molecule has 1 saturated carbocycles. The number of phenols is 1. The lowest BCUT2D eigenvalue weighted by atomic mass is 9.91. The smallest absolute Gasteiger partial charge is 0.225 e. The summed E-state index contributed by atoms with van der Waals surface area (Å²) in [7, 11) is 0. The van der Waals surface area contributed by atoms with E-state index in [9.17, 15) is 9.50 Å². The maximum absolute atomic E-state index is 13.6. The maximum atomic E-state index is 13.6. The number of hydrogen-bond acceptors (Lipinski definition) is 7. The number of benzene rings is 1. The summed E-state index contributed by atoms with van der Waals surface area (Å²) in [5.74, 6) is 0.811. The van der Waals surface area contributed by atoms with Crippen molar-refractivity contribution in [2.75, 3.05) is 10.6 Å². The van der Waals surface area contributed by atoms with Crippen LogP contribution >= 0.6 is 0 Å². The highest BCUT2D eigenvalue weighted by Gasteiger charge is 2.24. The molecule has 160 valence electrons. The van der Waals surface area contributed by atoms with E-state index in [2.05, 4.69) is 39.7 Å². The van der Waals surface area contributed by atoms with Gasteiger partial charge in [-0.1, -0.05) is 26.7 Å². The highest BCUT2D eigenvalue weighted by atomic mass is 19.1. The molecule has 2 unspecified atom stereocenters. The second kappa shape index (κ2) is 8.43. The molecule has 6 N–H and O–H groups in total. The number of aromatic hydroxyl groups is 1. The molecule has 1 aliphatic rings. The van der Waals surface area contributed by atoms with Gasteiger partial charge in [0.2, 0.25) is 5.95 Å². The molecule has 4 rings (SSSR count). The molecule has 1 fully saturated rings. The van der Waals surface area contributed by atoms with E-state index in [0.717, 1.165) is 36.9 Å². The molecular weight excluding hydrogens is 385 g/mol. The lowest BCUT2D eigenvalue weighted by Gasteiger charge is -2.29. The number of H-pyrrole nitrogens is 1. The van der Waals surface area contributed by atoms with Gasteiger partial charge in [0.05, 0.1) is 5.69 Å². The largest absolute Gasteiger partial charge is 0.508 e. The molecule has 1 aromatic carbocycles. The van der Waals surface area contributed by atoms with Crippen LogP contribution in [0, 0.1) is 5.82 Å². The number of halogens is 1. The van der Waals surface area contributed by atoms with E-state index < -0.39 is 5.82 Å². The van der Waals surface area contributed by atoms with Crippen LogP contribution in [-0.4, -0.2) is 37.4 Å². The van der Waals surface area contributed by atoms with Crippen molar-refractivity contribution in [3.63, 3.8) is 0 Å². The van der Waals surface area contributed by atoms with Gasteiger partial charge in [-0.05, 0) is 37.0 Å². The van der Waals surface area contributed by atoms with Crippen molar-refractivity contribution in [1.82, 2.24) is 20.2 Å². The summed E-state index contributed by atoms with van der Waals surface area (Å²) >= 11 is 0. The Balaban J connectivity index is 1.67. The molecule has 2 atom stereocenters. The SMILES string of the molecule is CC(C)c1[nH]nc2c(NCc3cc(F)ccc3O)nc(NC3CCCCC3N)nc12. The molecule has 0 saturated heterocycles. The van der Waals surface area contributed by atoms with E-state index in [1.807, 2.05) is 0 Å². The lowest BCUT2D eigenvalue weighted by Crippen LogP contribution is -2.43. The van der Waals surface area contributed by atoms with E-state index in [-0.39, 0.29) is 30.3 Å². The maximum Gasteiger partial charge on any atom is 0.225 e. The van der Waals surface area contributed by atoms with Crippen molar-refractivity contribution in [3.05, 3.63) is 35.3 Å². The van der Waals surface area contributed by atoms with Gasteiger partial charge in [0.15, 0.2) is 11.3 Å². The third-order valence-electron chi connectivity index (χ3n) is 5.63. The van der Waals surface area contributed by atoms with Crippen LogP contribution in [0.2, 0.25) is 0 Å². The predicted molar refractivity (Wildman–Crippen MR) is 115 cm³/mol. The summed E-state index contributed by atoms with van der Waals surface area (Å²) in [4.78, 5) is 9.33. The first kappa shape index (κ1) is 20.3. The quantitative estimate of drug-likeness (QED) is 0.418. The van der Waals surface area contributed by atoms with Gasteiger partial charge in [0, 0.05) is 24.2 Å². The number of rotatable bonds is 6. The highest BCUT2D eigenvalue weighted by Crippen LogP contribution is 2.29. The van der Waals surface area contributed by atoms with E-state index in [1.54, 1.807) is 0 Å². The number of aromatic nitrogens is 4. The minimum absolute atomic E-state index is 0.0191. The van der Waals surface area contributed by atoms with Crippen molar-refractivity contribution in [2.45, 2.75) is 64.1 Å². The van der Waals surface area contributed by atoms with Crippen molar-refractivity contribution < 1.29 is 9.50 Å². The Morgan fingerprint density at radius 3 is 2.80 bits per heavy atom. The molecule has 30 heavy (non-hydrogen) atoms. The highest BCUT2D eigenvalue weighted by molar-refractivity contribution is 5.88. The first-order valence-corrected chi connectivity index (χ1v) is 10.4. The van der Waals surface area contributed by atoms with Crippen LogP contribution in [0.1, 0.15) is 56.7 Å².